The number of carbonyl (C=O) groups is 2. The van der Waals surface area contributed by atoms with E-state index in [1.54, 1.807) is 36.4 Å². The Balaban J connectivity index is 1.82. The summed E-state index contributed by atoms with van der Waals surface area (Å²) in [5.41, 5.74) is 2.56. The highest BCUT2D eigenvalue weighted by atomic mass is 35.5. The molecule has 236 valence electrons. The SMILES string of the molecule is Cc1cccc(N(CC(=O)N(Cc2ccc(Cl)c(Cl)c2)[C@H](Cc2ccccc2)C(=O)NC(C)C)S(=O)(=O)c2ccc(Cl)cc2)c1. The van der Waals surface area contributed by atoms with Crippen LogP contribution in [0.5, 0.6) is 0 Å². The molecule has 0 aliphatic rings. The third kappa shape index (κ3) is 9.01. The minimum Gasteiger partial charge on any atom is -0.352 e. The van der Waals surface area contributed by atoms with Crippen molar-refractivity contribution in [3.63, 3.8) is 0 Å². The molecule has 0 aliphatic heterocycles. The van der Waals surface area contributed by atoms with Gasteiger partial charge in [-0.05, 0) is 86.0 Å². The summed E-state index contributed by atoms with van der Waals surface area (Å²) in [6.07, 6.45) is 0.195. The fourth-order valence-electron chi connectivity index (χ4n) is 4.81. The van der Waals surface area contributed by atoms with Gasteiger partial charge in [0.05, 0.1) is 20.6 Å². The van der Waals surface area contributed by atoms with Crippen LogP contribution in [0.2, 0.25) is 15.1 Å². The average molecular weight is 687 g/mol. The maximum atomic E-state index is 14.5. The molecule has 4 aromatic carbocycles. The Hall–Kier alpha value is -3.56. The molecule has 0 aliphatic carbocycles. The zero-order valence-corrected chi connectivity index (χ0v) is 28.2. The lowest BCUT2D eigenvalue weighted by molar-refractivity contribution is -0.140. The zero-order chi connectivity index (χ0) is 32.7. The first-order valence-corrected chi connectivity index (χ1v) is 16.8. The number of nitrogens with one attached hydrogen (secondary N) is 1. The van der Waals surface area contributed by atoms with Crippen LogP contribution in [-0.4, -0.2) is 43.8 Å². The van der Waals surface area contributed by atoms with Crippen LogP contribution >= 0.6 is 34.8 Å². The van der Waals surface area contributed by atoms with E-state index in [1.807, 2.05) is 57.2 Å². The van der Waals surface area contributed by atoms with Crippen molar-refractivity contribution in [1.82, 2.24) is 10.2 Å². The molecule has 11 heteroatoms. The molecule has 0 saturated heterocycles. The van der Waals surface area contributed by atoms with Gasteiger partial charge in [-0.25, -0.2) is 8.42 Å². The minimum absolute atomic E-state index is 0.0264. The molecule has 7 nitrogen and oxygen atoms in total. The van der Waals surface area contributed by atoms with Crippen molar-refractivity contribution in [2.24, 2.45) is 0 Å². The lowest BCUT2D eigenvalue weighted by Crippen LogP contribution is -2.54. The Labute approximate surface area is 279 Å². The first-order valence-electron chi connectivity index (χ1n) is 14.3. The van der Waals surface area contributed by atoms with Gasteiger partial charge in [0, 0.05) is 24.0 Å². The van der Waals surface area contributed by atoms with Gasteiger partial charge in [-0.2, -0.15) is 0 Å². The Bertz CT molecular complexity index is 1750. The molecule has 0 radical (unpaired) electrons. The molecule has 0 unspecified atom stereocenters. The summed E-state index contributed by atoms with van der Waals surface area (Å²) in [5.74, 6) is -0.954. The number of amides is 2. The molecule has 0 aromatic heterocycles. The predicted molar refractivity (Wildman–Crippen MR) is 181 cm³/mol. The van der Waals surface area contributed by atoms with E-state index in [4.69, 9.17) is 34.8 Å². The van der Waals surface area contributed by atoms with E-state index in [1.165, 1.54) is 29.2 Å². The third-order valence-corrected chi connectivity index (χ3v) is 9.79. The number of halogens is 3. The Kier molecular flexibility index (Phi) is 11.6. The molecule has 1 N–H and O–H groups in total. The highest BCUT2D eigenvalue weighted by Gasteiger charge is 2.35. The van der Waals surface area contributed by atoms with E-state index in [9.17, 15) is 18.0 Å². The average Bonchev–Trinajstić information content (AvgIpc) is 2.99. The van der Waals surface area contributed by atoms with E-state index in [2.05, 4.69) is 5.32 Å². The number of aryl methyl sites for hydroxylation is 1. The van der Waals surface area contributed by atoms with E-state index < -0.39 is 28.5 Å². The number of nitrogens with zero attached hydrogens (tertiary/aromatic N) is 2. The summed E-state index contributed by atoms with van der Waals surface area (Å²) < 4.78 is 29.3. The maximum absolute atomic E-state index is 14.5. The normalized spacial score (nSPS) is 12.1. The fraction of sp³-hybridized carbons (Fsp3) is 0.235. The number of carbonyl (C=O) groups excluding carboxylic acids is 2. The molecule has 4 rings (SSSR count). The highest BCUT2D eigenvalue weighted by Crippen LogP contribution is 2.28. The van der Waals surface area contributed by atoms with Crippen LogP contribution in [0.4, 0.5) is 5.69 Å². The highest BCUT2D eigenvalue weighted by molar-refractivity contribution is 7.92. The molecule has 0 heterocycles. The zero-order valence-electron chi connectivity index (χ0n) is 25.1. The van der Waals surface area contributed by atoms with Crippen molar-refractivity contribution in [2.75, 3.05) is 10.8 Å². The monoisotopic (exact) mass is 685 g/mol. The van der Waals surface area contributed by atoms with Gasteiger partial charge < -0.3 is 10.2 Å². The third-order valence-electron chi connectivity index (χ3n) is 7.01. The van der Waals surface area contributed by atoms with Gasteiger partial charge in [0.15, 0.2) is 0 Å². The summed E-state index contributed by atoms with van der Waals surface area (Å²) in [6.45, 7) is 4.90. The van der Waals surface area contributed by atoms with Crippen molar-refractivity contribution in [1.29, 1.82) is 0 Å². The van der Waals surface area contributed by atoms with Crippen LogP contribution in [0.15, 0.2) is 102 Å². The molecule has 0 bridgehead atoms. The van der Waals surface area contributed by atoms with Gasteiger partial charge in [-0.3, -0.25) is 13.9 Å². The molecule has 4 aromatic rings. The van der Waals surface area contributed by atoms with Gasteiger partial charge in [0.2, 0.25) is 11.8 Å². The van der Waals surface area contributed by atoms with Crippen molar-refractivity contribution in [2.45, 2.75) is 50.7 Å². The largest absolute Gasteiger partial charge is 0.352 e. The number of sulfonamides is 1. The van der Waals surface area contributed by atoms with Crippen molar-refractivity contribution < 1.29 is 18.0 Å². The van der Waals surface area contributed by atoms with E-state index in [0.29, 0.717) is 26.3 Å². The van der Waals surface area contributed by atoms with E-state index >= 15 is 0 Å². The van der Waals surface area contributed by atoms with E-state index in [-0.39, 0.29) is 29.8 Å². The number of hydrogen-bond acceptors (Lipinski definition) is 4. The summed E-state index contributed by atoms with van der Waals surface area (Å²) in [7, 11) is -4.24. The van der Waals surface area contributed by atoms with Gasteiger partial charge in [-0.15, -0.1) is 0 Å². The van der Waals surface area contributed by atoms with E-state index in [0.717, 1.165) is 15.4 Å². The summed E-state index contributed by atoms with van der Waals surface area (Å²) >= 11 is 18.5. The smallest absolute Gasteiger partial charge is 0.264 e. The maximum Gasteiger partial charge on any atom is 0.264 e. The standard InChI is InChI=1S/C34H34Cl3N3O4S/c1-23(2)38-34(42)32(20-25-9-5-4-6-10-25)39(21-26-12-17-30(36)31(37)19-26)33(41)22-40(28-11-7-8-24(3)18-28)45(43,44)29-15-13-27(35)14-16-29/h4-19,23,32H,20-22H2,1-3H3,(H,38,42)/t32-/m1/s1. The Morgan fingerprint density at radius 3 is 2.11 bits per heavy atom. The summed E-state index contributed by atoms with van der Waals surface area (Å²) in [5, 5.41) is 3.94. The minimum atomic E-state index is -4.24. The van der Waals surface area contributed by atoms with Crippen molar-refractivity contribution >= 4 is 62.3 Å². The number of rotatable bonds is 12. The van der Waals surface area contributed by atoms with Gasteiger partial charge >= 0.3 is 0 Å². The first-order chi connectivity index (χ1) is 21.3. The second-order valence-electron chi connectivity index (χ2n) is 10.9. The van der Waals surface area contributed by atoms with Crippen LogP contribution in [0, 0.1) is 6.92 Å². The first kappa shape index (κ1) is 34.3. The molecule has 1 atom stereocenters. The van der Waals surface area contributed by atoms with Crippen LogP contribution in [0.1, 0.15) is 30.5 Å². The summed E-state index contributed by atoms with van der Waals surface area (Å²) in [6, 6.07) is 25.8. The van der Waals surface area contributed by atoms with Gasteiger partial charge in [0.1, 0.15) is 12.6 Å². The predicted octanol–water partition coefficient (Wildman–Crippen LogP) is 7.32. The molecule has 45 heavy (non-hydrogen) atoms. The number of hydrogen-bond donors (Lipinski definition) is 1. The number of anilines is 1. The Morgan fingerprint density at radius 2 is 1.49 bits per heavy atom. The van der Waals surface area contributed by atoms with Gasteiger partial charge in [-0.1, -0.05) is 83.3 Å². The molecule has 0 saturated carbocycles. The molecule has 0 fully saturated rings. The molecular weight excluding hydrogens is 653 g/mol. The second-order valence-corrected chi connectivity index (χ2v) is 14.1. The fourth-order valence-corrected chi connectivity index (χ4v) is 6.67. The van der Waals surface area contributed by atoms with Crippen molar-refractivity contribution in [3.05, 3.63) is 129 Å². The van der Waals surface area contributed by atoms with Crippen molar-refractivity contribution in [3.8, 4) is 0 Å². The lowest BCUT2D eigenvalue weighted by Gasteiger charge is -2.34. The van der Waals surface area contributed by atoms with Crippen LogP contribution in [0.25, 0.3) is 0 Å². The Morgan fingerprint density at radius 1 is 0.800 bits per heavy atom. The molecule has 2 amide bonds. The second kappa shape index (κ2) is 15.1. The lowest BCUT2D eigenvalue weighted by atomic mass is 10.0. The molecular formula is C34H34Cl3N3O4S. The molecule has 0 spiro atoms. The number of benzene rings is 4. The van der Waals surface area contributed by atoms with Gasteiger partial charge in [0.25, 0.3) is 10.0 Å². The summed E-state index contributed by atoms with van der Waals surface area (Å²) in [4.78, 5) is 29.6. The van der Waals surface area contributed by atoms with Crippen LogP contribution in [0.3, 0.4) is 0 Å². The van der Waals surface area contributed by atoms with Crippen LogP contribution in [-0.2, 0) is 32.6 Å². The topological polar surface area (TPSA) is 86.8 Å². The quantitative estimate of drug-likeness (QED) is 0.169. The van der Waals surface area contributed by atoms with Crippen LogP contribution < -0.4 is 9.62 Å².